The van der Waals surface area contributed by atoms with Gasteiger partial charge >= 0.3 is 5.97 Å². The van der Waals surface area contributed by atoms with Crippen molar-refractivity contribution in [3.8, 4) is 0 Å². The molecule has 1 fully saturated rings. The highest BCUT2D eigenvalue weighted by molar-refractivity contribution is 7.91. The van der Waals surface area contributed by atoms with Crippen LogP contribution in [0.4, 0.5) is 0 Å². The third-order valence-corrected chi connectivity index (χ3v) is 6.30. The zero-order valence-electron chi connectivity index (χ0n) is 12.0. The number of methoxy groups -OCH3 is 1. The van der Waals surface area contributed by atoms with Crippen molar-refractivity contribution in [2.24, 2.45) is 5.41 Å². The Bertz CT molecular complexity index is 606. The van der Waals surface area contributed by atoms with E-state index in [9.17, 15) is 13.2 Å². The molecule has 2 heterocycles. The fraction of sp³-hybridized carbons (Fsp3) is 0.667. The average molecular weight is 333 g/mol. The molecule has 1 aromatic heterocycles. The van der Waals surface area contributed by atoms with Gasteiger partial charge < -0.3 is 10.1 Å². The van der Waals surface area contributed by atoms with Gasteiger partial charge in [0.15, 0.2) is 9.90 Å². The summed E-state index contributed by atoms with van der Waals surface area (Å²) in [4.78, 5) is 15.3. The van der Waals surface area contributed by atoms with Gasteiger partial charge in [0.25, 0.3) is 10.0 Å². The van der Waals surface area contributed by atoms with Crippen LogP contribution in [0.25, 0.3) is 0 Å². The number of nitrogens with one attached hydrogen (secondary N) is 2. The highest BCUT2D eigenvalue weighted by Crippen LogP contribution is 2.26. The number of nitrogens with zero attached hydrogens (tertiary/aromatic N) is 1. The molecule has 0 unspecified atom stereocenters. The average Bonchev–Trinajstić information content (AvgIpc) is 2.96. The van der Waals surface area contributed by atoms with Crippen LogP contribution in [0.2, 0.25) is 0 Å². The number of carbonyl (C=O) groups is 1. The van der Waals surface area contributed by atoms with Gasteiger partial charge in [0.2, 0.25) is 0 Å². The number of hydrogen-bond donors (Lipinski definition) is 2. The maximum atomic E-state index is 12.4. The lowest BCUT2D eigenvalue weighted by atomic mass is 9.83. The van der Waals surface area contributed by atoms with Crippen molar-refractivity contribution in [3.63, 3.8) is 0 Å². The summed E-state index contributed by atoms with van der Waals surface area (Å²) in [5.74, 6) is -0.748. The summed E-state index contributed by atoms with van der Waals surface area (Å²) in [5.41, 5.74) is 1.04. The Morgan fingerprint density at radius 3 is 3.00 bits per heavy atom. The van der Waals surface area contributed by atoms with E-state index in [2.05, 4.69) is 19.8 Å². The molecule has 0 radical (unpaired) electrons. The normalized spacial score (nSPS) is 23.0. The summed E-state index contributed by atoms with van der Waals surface area (Å²) in [6.45, 7) is 4.09. The van der Waals surface area contributed by atoms with E-state index >= 15 is 0 Å². The molecule has 2 N–H and O–H groups in total. The van der Waals surface area contributed by atoms with Crippen molar-refractivity contribution in [2.45, 2.75) is 24.0 Å². The summed E-state index contributed by atoms with van der Waals surface area (Å²) in [5, 5.41) is 3.27. The van der Waals surface area contributed by atoms with Gasteiger partial charge in [-0.1, -0.05) is 6.92 Å². The maximum Gasteiger partial charge on any atom is 0.358 e. The number of ether oxygens (including phenoxy) is 1. The second-order valence-corrected chi connectivity index (χ2v) is 8.21. The van der Waals surface area contributed by atoms with Gasteiger partial charge in [0.05, 0.1) is 12.6 Å². The Kier molecular flexibility index (Phi) is 4.97. The number of carbonyl (C=O) groups excluding carboxylic acids is 1. The zero-order chi connectivity index (χ0) is 15.5. The topological polar surface area (TPSA) is 97.4 Å². The Labute approximate surface area is 128 Å². The first-order valence-corrected chi connectivity index (χ1v) is 8.96. The fourth-order valence-corrected chi connectivity index (χ4v) is 4.64. The molecule has 2 rings (SSSR count). The lowest BCUT2D eigenvalue weighted by Gasteiger charge is -2.34. The predicted molar refractivity (Wildman–Crippen MR) is 78.9 cm³/mol. The highest BCUT2D eigenvalue weighted by Gasteiger charge is 2.31. The van der Waals surface area contributed by atoms with Crippen LogP contribution in [0.15, 0.2) is 9.72 Å². The van der Waals surface area contributed by atoms with Crippen LogP contribution in [0, 0.1) is 5.41 Å². The minimum absolute atomic E-state index is 0.0956. The first kappa shape index (κ1) is 16.3. The Morgan fingerprint density at radius 2 is 2.38 bits per heavy atom. The molecule has 21 heavy (non-hydrogen) atoms. The van der Waals surface area contributed by atoms with Crippen LogP contribution in [0.5, 0.6) is 0 Å². The SMILES string of the molecule is COC(=O)c1ncsc1S(=O)(=O)NC[C@@]1(C)CCCNC1. The van der Waals surface area contributed by atoms with Crippen molar-refractivity contribution in [1.29, 1.82) is 0 Å². The largest absolute Gasteiger partial charge is 0.464 e. The second kappa shape index (κ2) is 6.39. The van der Waals surface area contributed by atoms with Crippen LogP contribution < -0.4 is 10.0 Å². The summed E-state index contributed by atoms with van der Waals surface area (Å²) in [6.07, 6.45) is 1.97. The third kappa shape index (κ3) is 3.79. The van der Waals surface area contributed by atoms with Gasteiger partial charge in [-0.25, -0.2) is 22.9 Å². The van der Waals surface area contributed by atoms with Crippen molar-refractivity contribution < 1.29 is 17.9 Å². The van der Waals surface area contributed by atoms with Crippen LogP contribution in [-0.2, 0) is 14.8 Å². The van der Waals surface area contributed by atoms with E-state index in [-0.39, 0.29) is 15.3 Å². The molecule has 9 heteroatoms. The van der Waals surface area contributed by atoms with Crippen LogP contribution in [-0.4, -0.2) is 46.1 Å². The minimum Gasteiger partial charge on any atom is -0.464 e. The molecular formula is C12H19N3O4S2. The van der Waals surface area contributed by atoms with Crippen LogP contribution >= 0.6 is 11.3 Å². The molecule has 0 spiro atoms. The predicted octanol–water partition coefficient (Wildman–Crippen LogP) is 0.598. The third-order valence-electron chi connectivity index (χ3n) is 3.53. The molecule has 0 aliphatic carbocycles. The van der Waals surface area contributed by atoms with Gasteiger partial charge in [0.1, 0.15) is 0 Å². The zero-order valence-corrected chi connectivity index (χ0v) is 13.6. The Morgan fingerprint density at radius 1 is 1.62 bits per heavy atom. The molecule has 0 saturated carbocycles. The molecule has 1 atom stereocenters. The van der Waals surface area contributed by atoms with Crippen molar-refractivity contribution in [3.05, 3.63) is 11.2 Å². The van der Waals surface area contributed by atoms with Crippen LogP contribution in [0.1, 0.15) is 30.3 Å². The van der Waals surface area contributed by atoms with Gasteiger partial charge in [0, 0.05) is 13.1 Å². The Balaban J connectivity index is 2.12. The number of thiazole rings is 1. The Hall–Kier alpha value is -1.03. The monoisotopic (exact) mass is 333 g/mol. The molecule has 0 bridgehead atoms. The number of aromatic nitrogens is 1. The number of sulfonamides is 1. The van der Waals surface area contributed by atoms with E-state index in [0.29, 0.717) is 6.54 Å². The van der Waals surface area contributed by atoms with Gasteiger partial charge in [-0.15, -0.1) is 11.3 Å². The summed E-state index contributed by atoms with van der Waals surface area (Å²) in [6, 6.07) is 0. The first-order valence-electron chi connectivity index (χ1n) is 6.60. The summed E-state index contributed by atoms with van der Waals surface area (Å²) in [7, 11) is -2.57. The quantitative estimate of drug-likeness (QED) is 0.766. The lowest BCUT2D eigenvalue weighted by Crippen LogP contribution is -2.45. The summed E-state index contributed by atoms with van der Waals surface area (Å²) >= 11 is 0.908. The van der Waals surface area contributed by atoms with Gasteiger partial charge in [-0.2, -0.15) is 0 Å². The smallest absolute Gasteiger partial charge is 0.358 e. The van der Waals surface area contributed by atoms with E-state index in [0.717, 1.165) is 37.3 Å². The number of esters is 1. The van der Waals surface area contributed by atoms with E-state index < -0.39 is 16.0 Å². The highest BCUT2D eigenvalue weighted by atomic mass is 32.2. The first-order chi connectivity index (χ1) is 9.88. The maximum absolute atomic E-state index is 12.4. The molecule has 0 aromatic carbocycles. The molecule has 1 aliphatic heterocycles. The van der Waals surface area contributed by atoms with Crippen molar-refractivity contribution in [1.82, 2.24) is 15.0 Å². The molecule has 118 valence electrons. The van der Waals surface area contributed by atoms with Gasteiger partial charge in [-0.3, -0.25) is 0 Å². The van der Waals surface area contributed by atoms with Crippen molar-refractivity contribution >= 4 is 27.3 Å². The number of hydrogen-bond acceptors (Lipinski definition) is 7. The van der Waals surface area contributed by atoms with E-state index in [1.807, 2.05) is 6.92 Å². The molecule has 0 amide bonds. The van der Waals surface area contributed by atoms with Gasteiger partial charge in [-0.05, 0) is 24.8 Å². The fourth-order valence-electron chi connectivity index (χ4n) is 2.26. The molecule has 1 saturated heterocycles. The van der Waals surface area contributed by atoms with E-state index in [1.165, 1.54) is 12.6 Å². The minimum atomic E-state index is -3.76. The molecule has 1 aliphatic rings. The lowest BCUT2D eigenvalue weighted by molar-refractivity contribution is 0.0590. The number of rotatable bonds is 5. The van der Waals surface area contributed by atoms with E-state index in [1.54, 1.807) is 0 Å². The standard InChI is InChI=1S/C12H19N3O4S2/c1-12(4-3-5-13-6-12)7-15-21(17,18)11-9(10(16)19-2)14-8-20-11/h8,13,15H,3-7H2,1-2H3/t12-/m0/s1. The molecule has 7 nitrogen and oxygen atoms in total. The van der Waals surface area contributed by atoms with Crippen LogP contribution in [0.3, 0.4) is 0 Å². The van der Waals surface area contributed by atoms with E-state index in [4.69, 9.17) is 0 Å². The van der Waals surface area contributed by atoms with Crippen molar-refractivity contribution in [2.75, 3.05) is 26.7 Å². The molecule has 1 aromatic rings. The number of piperidine rings is 1. The second-order valence-electron chi connectivity index (χ2n) is 5.40. The molecular weight excluding hydrogens is 314 g/mol. The summed E-state index contributed by atoms with van der Waals surface area (Å²) < 4.78 is 31.7.